The fourth-order valence-corrected chi connectivity index (χ4v) is 1.97. The molecule has 2 N–H and O–H groups in total. The largest absolute Gasteiger partial charge is 0.446 e. The second-order valence-electron chi connectivity index (χ2n) is 5.16. The average Bonchev–Trinajstić information content (AvgIpc) is 2.23. The summed E-state index contributed by atoms with van der Waals surface area (Å²) in [5.41, 5.74) is 0.0587. The van der Waals surface area contributed by atoms with Crippen molar-refractivity contribution in [3.63, 3.8) is 0 Å². The van der Waals surface area contributed by atoms with Crippen molar-refractivity contribution in [1.29, 1.82) is 0 Å². The van der Waals surface area contributed by atoms with Crippen molar-refractivity contribution in [3.8, 4) is 0 Å². The van der Waals surface area contributed by atoms with E-state index in [4.69, 9.17) is 4.74 Å². The van der Waals surface area contributed by atoms with E-state index in [9.17, 15) is 14.3 Å². The Balaban J connectivity index is 2.56. The van der Waals surface area contributed by atoms with Crippen LogP contribution in [0.4, 0.5) is 9.18 Å². The Morgan fingerprint density at radius 3 is 2.68 bits per heavy atom. The lowest BCUT2D eigenvalue weighted by molar-refractivity contribution is 0.0643. The highest BCUT2D eigenvalue weighted by Gasteiger charge is 2.18. The summed E-state index contributed by atoms with van der Waals surface area (Å²) in [6, 6.07) is 3.92. The number of aliphatic hydroxyl groups excluding tert-OH is 1. The molecule has 1 atom stereocenters. The van der Waals surface area contributed by atoms with Gasteiger partial charge in [0.15, 0.2) is 0 Å². The Kier molecular flexibility index (Phi) is 5.31. The third kappa shape index (κ3) is 5.57. The lowest BCUT2D eigenvalue weighted by Crippen LogP contribution is -2.41. The highest BCUT2D eigenvalue weighted by Crippen LogP contribution is 2.24. The first-order valence-electron chi connectivity index (χ1n) is 5.77. The van der Waals surface area contributed by atoms with Gasteiger partial charge in [0.05, 0.1) is 0 Å². The zero-order valence-corrected chi connectivity index (χ0v) is 12.6. The van der Waals surface area contributed by atoms with Gasteiger partial charge >= 0.3 is 6.09 Å². The predicted octanol–water partition coefficient (Wildman–Crippen LogP) is 3.15. The molecule has 1 amide bonds. The fourth-order valence-electron chi connectivity index (χ4n) is 1.36. The molecule has 0 bridgehead atoms. The molecule has 0 fully saturated rings. The number of carbonyl (C=O) groups excluding carboxylic acids is 1. The van der Waals surface area contributed by atoms with Crippen LogP contribution in [0.25, 0.3) is 0 Å². The molecule has 0 saturated carbocycles. The van der Waals surface area contributed by atoms with Crippen LogP contribution in [0.5, 0.6) is 0 Å². The minimum absolute atomic E-state index is 0.202. The normalized spacial score (nSPS) is 12.9. The van der Waals surface area contributed by atoms with Crippen LogP contribution in [-0.2, 0) is 4.74 Å². The zero-order valence-electron chi connectivity index (χ0n) is 11.0. The Labute approximate surface area is 120 Å². The van der Waals surface area contributed by atoms with Gasteiger partial charge in [0, 0.05) is 10.0 Å². The highest BCUT2D eigenvalue weighted by molar-refractivity contribution is 9.10. The molecule has 0 heterocycles. The summed E-state index contributed by atoms with van der Waals surface area (Å²) >= 11 is 3.15. The topological polar surface area (TPSA) is 58.6 Å². The van der Waals surface area contributed by atoms with Crippen LogP contribution in [0, 0.1) is 5.82 Å². The number of benzene rings is 1. The van der Waals surface area contributed by atoms with Crippen molar-refractivity contribution in [3.05, 3.63) is 34.1 Å². The minimum Gasteiger partial charge on any atom is -0.446 e. The molecule has 0 aliphatic carbocycles. The molecule has 1 aromatic carbocycles. The fraction of sp³-hybridized carbons (Fsp3) is 0.462. The number of ether oxygens (including phenoxy) is 1. The molecule has 19 heavy (non-hydrogen) atoms. The van der Waals surface area contributed by atoms with E-state index in [-0.39, 0.29) is 6.61 Å². The van der Waals surface area contributed by atoms with Crippen LogP contribution in [-0.4, -0.2) is 23.3 Å². The maximum atomic E-state index is 12.9. The van der Waals surface area contributed by atoms with Gasteiger partial charge in [0.25, 0.3) is 0 Å². The number of hydrogen-bond donors (Lipinski definition) is 2. The number of aliphatic hydroxyl groups is 1. The molecule has 1 rings (SSSR count). The van der Waals surface area contributed by atoms with Crippen molar-refractivity contribution in [1.82, 2.24) is 5.32 Å². The first-order chi connectivity index (χ1) is 8.69. The van der Waals surface area contributed by atoms with Crippen LogP contribution in [0.3, 0.4) is 0 Å². The van der Waals surface area contributed by atoms with E-state index in [0.717, 1.165) is 0 Å². The molecular formula is C13H17BrFNO3. The average molecular weight is 334 g/mol. The molecule has 0 saturated heterocycles. The predicted molar refractivity (Wildman–Crippen MR) is 73.3 cm³/mol. The van der Waals surface area contributed by atoms with Gasteiger partial charge in [0.1, 0.15) is 18.5 Å². The molecule has 106 valence electrons. The van der Waals surface area contributed by atoms with E-state index in [0.29, 0.717) is 10.0 Å². The first-order valence-corrected chi connectivity index (χ1v) is 6.56. The van der Waals surface area contributed by atoms with E-state index in [1.165, 1.54) is 18.2 Å². The molecular weight excluding hydrogens is 317 g/mol. The summed E-state index contributed by atoms with van der Waals surface area (Å²) in [7, 11) is 0. The molecule has 1 unspecified atom stereocenters. The van der Waals surface area contributed by atoms with Gasteiger partial charge in [-0.05, 0) is 38.5 Å². The Hall–Kier alpha value is -1.14. The van der Waals surface area contributed by atoms with E-state index in [1.54, 1.807) is 0 Å². The maximum absolute atomic E-state index is 12.9. The zero-order chi connectivity index (χ0) is 14.6. The third-order valence-corrected chi connectivity index (χ3v) is 2.86. The number of alkyl carbamates (subject to hydrolysis) is 1. The second kappa shape index (κ2) is 6.34. The smallest absolute Gasteiger partial charge is 0.407 e. The van der Waals surface area contributed by atoms with E-state index < -0.39 is 23.6 Å². The van der Waals surface area contributed by atoms with Crippen LogP contribution in [0.1, 0.15) is 32.4 Å². The third-order valence-electron chi connectivity index (χ3n) is 2.17. The van der Waals surface area contributed by atoms with E-state index >= 15 is 0 Å². The molecule has 0 radical (unpaired) electrons. The standard InChI is InChI=1S/C13H17BrFNO3/c1-13(2,3)16-12(18)19-7-11(17)9-5-4-8(15)6-10(9)14/h4-6,11,17H,7H2,1-3H3,(H,16,18). The number of amides is 1. The van der Waals surface area contributed by atoms with Crippen LogP contribution in [0.15, 0.2) is 22.7 Å². The van der Waals surface area contributed by atoms with Crippen molar-refractivity contribution >= 4 is 22.0 Å². The van der Waals surface area contributed by atoms with Crippen molar-refractivity contribution in [2.45, 2.75) is 32.4 Å². The van der Waals surface area contributed by atoms with Crippen molar-refractivity contribution < 1.29 is 19.0 Å². The summed E-state index contributed by atoms with van der Waals surface area (Å²) in [6.07, 6.45) is -1.62. The highest BCUT2D eigenvalue weighted by atomic mass is 79.9. The van der Waals surface area contributed by atoms with Crippen LogP contribution >= 0.6 is 15.9 Å². The van der Waals surface area contributed by atoms with Gasteiger partial charge in [-0.15, -0.1) is 0 Å². The van der Waals surface area contributed by atoms with E-state index in [1.807, 2.05) is 20.8 Å². The molecule has 0 aromatic heterocycles. The second-order valence-corrected chi connectivity index (χ2v) is 6.01. The summed E-state index contributed by atoms with van der Waals surface area (Å²) in [5, 5.41) is 12.5. The van der Waals surface area contributed by atoms with Gasteiger partial charge in [-0.1, -0.05) is 22.0 Å². The lowest BCUT2D eigenvalue weighted by Gasteiger charge is -2.21. The molecule has 4 nitrogen and oxygen atoms in total. The van der Waals surface area contributed by atoms with Crippen molar-refractivity contribution in [2.24, 2.45) is 0 Å². The lowest BCUT2D eigenvalue weighted by atomic mass is 10.1. The number of halogens is 2. The molecule has 0 aliphatic rings. The molecule has 1 aromatic rings. The SMILES string of the molecule is CC(C)(C)NC(=O)OCC(O)c1ccc(F)cc1Br. The van der Waals surface area contributed by atoms with Crippen LogP contribution in [0.2, 0.25) is 0 Å². The van der Waals surface area contributed by atoms with Gasteiger partial charge in [-0.25, -0.2) is 9.18 Å². The van der Waals surface area contributed by atoms with Gasteiger partial charge in [-0.2, -0.15) is 0 Å². The van der Waals surface area contributed by atoms with Gasteiger partial charge < -0.3 is 15.2 Å². The van der Waals surface area contributed by atoms with Crippen molar-refractivity contribution in [2.75, 3.05) is 6.61 Å². The number of hydrogen-bond acceptors (Lipinski definition) is 3. The minimum atomic E-state index is -1.01. The maximum Gasteiger partial charge on any atom is 0.407 e. The first kappa shape index (κ1) is 15.9. The summed E-state index contributed by atoms with van der Waals surface area (Å²) in [5.74, 6) is -0.408. The summed E-state index contributed by atoms with van der Waals surface area (Å²) < 4.78 is 18.2. The summed E-state index contributed by atoms with van der Waals surface area (Å²) in [6.45, 7) is 5.26. The monoisotopic (exact) mass is 333 g/mol. The summed E-state index contributed by atoms with van der Waals surface area (Å²) in [4.78, 5) is 11.4. The van der Waals surface area contributed by atoms with Gasteiger partial charge in [-0.3, -0.25) is 0 Å². The van der Waals surface area contributed by atoms with Crippen LogP contribution < -0.4 is 5.32 Å². The number of rotatable bonds is 3. The quantitative estimate of drug-likeness (QED) is 0.893. The molecule has 6 heteroatoms. The Bertz CT molecular complexity index is 460. The van der Waals surface area contributed by atoms with Gasteiger partial charge in [0.2, 0.25) is 0 Å². The number of carbonyl (C=O) groups is 1. The number of nitrogens with one attached hydrogen (secondary N) is 1. The molecule has 0 aliphatic heterocycles. The Morgan fingerprint density at radius 1 is 1.53 bits per heavy atom. The Morgan fingerprint density at radius 2 is 2.16 bits per heavy atom. The van der Waals surface area contributed by atoms with E-state index in [2.05, 4.69) is 21.2 Å². The molecule has 0 spiro atoms.